The molecule has 2 heterocycles. The first kappa shape index (κ1) is 13.5. The van der Waals surface area contributed by atoms with Crippen molar-refractivity contribution in [3.05, 3.63) is 59.9 Å². The molecular weight excluding hydrogens is 282 g/mol. The standard InChI is InChI=1S/C16H13N3OS/c1-10-6-7-18-16(14(10)15(17)21)20-12-8-11-4-2-3-5-13(11)19-9-12/h2-9H,1H3,(H2,17,21). The summed E-state index contributed by atoms with van der Waals surface area (Å²) in [4.78, 5) is 8.84. The number of nitrogens with zero attached hydrogens (tertiary/aromatic N) is 2. The van der Waals surface area contributed by atoms with Crippen LogP contribution in [0.3, 0.4) is 0 Å². The highest BCUT2D eigenvalue weighted by atomic mass is 32.1. The van der Waals surface area contributed by atoms with Gasteiger partial charge in [0.05, 0.1) is 17.3 Å². The van der Waals surface area contributed by atoms with Gasteiger partial charge in [-0.2, -0.15) is 0 Å². The maximum atomic E-state index is 5.82. The van der Waals surface area contributed by atoms with E-state index in [-0.39, 0.29) is 4.99 Å². The van der Waals surface area contributed by atoms with Crippen molar-refractivity contribution >= 4 is 28.1 Å². The molecule has 0 radical (unpaired) electrons. The second kappa shape index (κ2) is 5.46. The fourth-order valence-corrected chi connectivity index (χ4v) is 2.38. The number of thiocarbonyl (C=S) groups is 1. The van der Waals surface area contributed by atoms with Crippen LogP contribution in [-0.4, -0.2) is 15.0 Å². The Bertz CT molecular complexity index is 833. The van der Waals surface area contributed by atoms with Crippen LogP contribution >= 0.6 is 12.2 Å². The zero-order valence-corrected chi connectivity index (χ0v) is 12.2. The Labute approximate surface area is 127 Å². The molecule has 0 bridgehead atoms. The van der Waals surface area contributed by atoms with Crippen molar-refractivity contribution in [3.63, 3.8) is 0 Å². The number of benzene rings is 1. The fourth-order valence-electron chi connectivity index (χ4n) is 2.13. The van der Waals surface area contributed by atoms with Crippen molar-refractivity contribution < 1.29 is 4.74 Å². The Balaban J connectivity index is 2.02. The third kappa shape index (κ3) is 2.68. The van der Waals surface area contributed by atoms with Gasteiger partial charge in [0.15, 0.2) is 0 Å². The second-order valence-electron chi connectivity index (χ2n) is 4.64. The molecule has 2 N–H and O–H groups in total. The zero-order chi connectivity index (χ0) is 14.8. The number of pyridine rings is 2. The molecule has 0 aliphatic heterocycles. The maximum Gasteiger partial charge on any atom is 0.229 e. The lowest BCUT2D eigenvalue weighted by Gasteiger charge is -2.11. The smallest absolute Gasteiger partial charge is 0.229 e. The van der Waals surface area contributed by atoms with Gasteiger partial charge >= 0.3 is 0 Å². The fraction of sp³-hybridized carbons (Fsp3) is 0.0625. The van der Waals surface area contributed by atoms with Gasteiger partial charge in [-0.3, -0.25) is 4.98 Å². The number of aryl methyl sites for hydroxylation is 1. The highest BCUT2D eigenvalue weighted by Gasteiger charge is 2.12. The Morgan fingerprint density at radius 3 is 2.81 bits per heavy atom. The van der Waals surface area contributed by atoms with Crippen molar-refractivity contribution in [2.75, 3.05) is 0 Å². The average molecular weight is 295 g/mol. The van der Waals surface area contributed by atoms with Gasteiger partial charge in [-0.05, 0) is 30.7 Å². The lowest BCUT2D eigenvalue weighted by molar-refractivity contribution is 0.460. The van der Waals surface area contributed by atoms with E-state index in [9.17, 15) is 0 Å². The number of ether oxygens (including phenoxy) is 1. The number of hydrogen-bond donors (Lipinski definition) is 1. The third-order valence-corrected chi connectivity index (χ3v) is 3.35. The molecule has 0 unspecified atom stereocenters. The van der Waals surface area contributed by atoms with Crippen molar-refractivity contribution in [3.8, 4) is 11.6 Å². The first-order chi connectivity index (χ1) is 10.1. The summed E-state index contributed by atoms with van der Waals surface area (Å²) in [5.41, 5.74) is 8.25. The van der Waals surface area contributed by atoms with Crippen LogP contribution in [0.1, 0.15) is 11.1 Å². The van der Waals surface area contributed by atoms with Crippen LogP contribution < -0.4 is 10.5 Å². The highest BCUT2D eigenvalue weighted by Crippen LogP contribution is 2.26. The Morgan fingerprint density at radius 2 is 2.00 bits per heavy atom. The summed E-state index contributed by atoms with van der Waals surface area (Å²) >= 11 is 5.07. The first-order valence-electron chi connectivity index (χ1n) is 6.43. The molecule has 0 fully saturated rings. The highest BCUT2D eigenvalue weighted by molar-refractivity contribution is 7.80. The van der Waals surface area contributed by atoms with E-state index < -0.39 is 0 Å². The molecule has 0 spiro atoms. The van der Waals surface area contributed by atoms with E-state index >= 15 is 0 Å². The number of hydrogen-bond acceptors (Lipinski definition) is 4. The summed E-state index contributed by atoms with van der Waals surface area (Å²) in [6, 6.07) is 11.6. The number of aromatic nitrogens is 2. The minimum Gasteiger partial charge on any atom is -0.437 e. The minimum atomic E-state index is 0.268. The molecule has 0 atom stereocenters. The molecule has 2 aromatic heterocycles. The van der Waals surface area contributed by atoms with E-state index in [1.165, 1.54) is 0 Å². The quantitative estimate of drug-likeness (QED) is 0.751. The predicted molar refractivity (Wildman–Crippen MR) is 86.7 cm³/mol. The second-order valence-corrected chi connectivity index (χ2v) is 5.08. The lowest BCUT2D eigenvalue weighted by atomic mass is 10.1. The van der Waals surface area contributed by atoms with E-state index in [1.54, 1.807) is 12.4 Å². The third-order valence-electron chi connectivity index (χ3n) is 3.15. The van der Waals surface area contributed by atoms with Crippen LogP contribution in [0.15, 0.2) is 48.8 Å². The maximum absolute atomic E-state index is 5.82. The lowest BCUT2D eigenvalue weighted by Crippen LogP contribution is -2.13. The summed E-state index contributed by atoms with van der Waals surface area (Å²) in [5.74, 6) is 1.00. The van der Waals surface area contributed by atoms with Gasteiger partial charge in [0.2, 0.25) is 5.88 Å². The molecule has 1 aromatic carbocycles. The van der Waals surface area contributed by atoms with Gasteiger partial charge < -0.3 is 10.5 Å². The Kier molecular flexibility index (Phi) is 3.50. The number of rotatable bonds is 3. The van der Waals surface area contributed by atoms with E-state index in [0.717, 1.165) is 16.5 Å². The SMILES string of the molecule is Cc1ccnc(Oc2cnc3ccccc3c2)c1C(N)=S. The van der Waals surface area contributed by atoms with E-state index in [4.69, 9.17) is 22.7 Å². The number of para-hydroxylation sites is 1. The number of fused-ring (bicyclic) bond motifs is 1. The molecule has 0 saturated carbocycles. The Morgan fingerprint density at radius 1 is 1.19 bits per heavy atom. The van der Waals surface area contributed by atoms with Crippen LogP contribution in [0.2, 0.25) is 0 Å². The zero-order valence-electron chi connectivity index (χ0n) is 11.4. The molecule has 0 amide bonds. The van der Waals surface area contributed by atoms with Gasteiger partial charge in [-0.1, -0.05) is 30.4 Å². The van der Waals surface area contributed by atoms with Crippen LogP contribution in [0, 0.1) is 6.92 Å². The molecule has 104 valence electrons. The molecule has 0 saturated heterocycles. The van der Waals surface area contributed by atoms with E-state index in [0.29, 0.717) is 17.2 Å². The van der Waals surface area contributed by atoms with Crippen molar-refractivity contribution in [1.82, 2.24) is 9.97 Å². The van der Waals surface area contributed by atoms with Crippen molar-refractivity contribution in [2.24, 2.45) is 5.73 Å². The summed E-state index contributed by atoms with van der Waals surface area (Å²) < 4.78 is 5.82. The Hall–Kier alpha value is -2.53. The predicted octanol–water partition coefficient (Wildman–Crippen LogP) is 3.36. The molecular formula is C16H13N3OS. The number of nitrogens with two attached hydrogens (primary N) is 1. The summed E-state index contributed by atoms with van der Waals surface area (Å²) in [7, 11) is 0. The van der Waals surface area contributed by atoms with Gasteiger partial charge in [0.25, 0.3) is 0 Å². The average Bonchev–Trinajstić information content (AvgIpc) is 2.47. The first-order valence-corrected chi connectivity index (χ1v) is 6.84. The topological polar surface area (TPSA) is 61.0 Å². The van der Waals surface area contributed by atoms with E-state index in [2.05, 4.69) is 9.97 Å². The normalized spacial score (nSPS) is 10.5. The molecule has 5 heteroatoms. The molecule has 0 aliphatic rings. The molecule has 21 heavy (non-hydrogen) atoms. The summed E-state index contributed by atoms with van der Waals surface area (Å²) in [5, 5.41) is 1.000. The van der Waals surface area contributed by atoms with Crippen LogP contribution in [0.4, 0.5) is 0 Å². The van der Waals surface area contributed by atoms with Gasteiger partial charge in [-0.25, -0.2) is 4.98 Å². The molecule has 3 rings (SSSR count). The van der Waals surface area contributed by atoms with Crippen molar-refractivity contribution in [1.29, 1.82) is 0 Å². The molecule has 4 nitrogen and oxygen atoms in total. The van der Waals surface area contributed by atoms with Gasteiger partial charge in [0, 0.05) is 11.6 Å². The minimum absolute atomic E-state index is 0.268. The summed E-state index contributed by atoms with van der Waals surface area (Å²) in [6.07, 6.45) is 3.33. The molecule has 0 aliphatic carbocycles. The molecule has 3 aromatic rings. The van der Waals surface area contributed by atoms with E-state index in [1.807, 2.05) is 43.3 Å². The van der Waals surface area contributed by atoms with Crippen LogP contribution in [-0.2, 0) is 0 Å². The van der Waals surface area contributed by atoms with Crippen molar-refractivity contribution in [2.45, 2.75) is 6.92 Å². The van der Waals surface area contributed by atoms with Gasteiger partial charge in [-0.15, -0.1) is 0 Å². The largest absolute Gasteiger partial charge is 0.437 e. The van der Waals surface area contributed by atoms with Gasteiger partial charge in [0.1, 0.15) is 10.7 Å². The van der Waals surface area contributed by atoms with Crippen LogP contribution in [0.25, 0.3) is 10.9 Å². The van der Waals surface area contributed by atoms with Crippen LogP contribution in [0.5, 0.6) is 11.6 Å². The monoisotopic (exact) mass is 295 g/mol. The summed E-state index contributed by atoms with van der Waals surface area (Å²) in [6.45, 7) is 1.92.